The first-order valence-corrected chi connectivity index (χ1v) is 4.81. The van der Waals surface area contributed by atoms with E-state index in [4.69, 9.17) is 11.5 Å². The Morgan fingerprint density at radius 2 is 2.08 bits per heavy atom. The molecule has 0 bridgehead atoms. The van der Waals surface area contributed by atoms with E-state index in [-0.39, 0.29) is 11.9 Å². The second-order valence-corrected chi connectivity index (χ2v) is 3.67. The highest BCUT2D eigenvalue weighted by molar-refractivity contribution is 5.81. The first-order chi connectivity index (χ1) is 6.07. The smallest absolute Gasteiger partial charge is 0.236 e. The molecule has 0 heterocycles. The number of hydrogen-bond donors (Lipinski definition) is 3. The molecule has 5 N–H and O–H groups in total. The fraction of sp³-hybridized carbons (Fsp3) is 0.889. The molecule has 0 saturated carbocycles. The van der Waals surface area contributed by atoms with Crippen LogP contribution >= 0.6 is 0 Å². The number of amides is 1. The van der Waals surface area contributed by atoms with Crippen LogP contribution in [0.5, 0.6) is 0 Å². The van der Waals surface area contributed by atoms with Gasteiger partial charge in [-0.2, -0.15) is 0 Å². The van der Waals surface area contributed by atoms with Crippen LogP contribution < -0.4 is 16.8 Å². The van der Waals surface area contributed by atoms with E-state index in [0.717, 1.165) is 12.8 Å². The van der Waals surface area contributed by atoms with Gasteiger partial charge in [0.15, 0.2) is 0 Å². The van der Waals surface area contributed by atoms with Crippen LogP contribution in [0.2, 0.25) is 0 Å². The zero-order valence-electron chi connectivity index (χ0n) is 8.55. The summed E-state index contributed by atoms with van der Waals surface area (Å²) in [6.45, 7) is 5.32. The monoisotopic (exact) mass is 187 g/mol. The standard InChI is InChI=1S/C9H21N3O/c1-7(2)6-8(11)9(13)12-5-3-4-10/h7-8H,3-6,10-11H2,1-2H3,(H,12,13)/t8-/m1/s1. The van der Waals surface area contributed by atoms with Crippen molar-refractivity contribution in [2.24, 2.45) is 17.4 Å². The van der Waals surface area contributed by atoms with Gasteiger partial charge in [-0.25, -0.2) is 0 Å². The Balaban J connectivity index is 3.57. The van der Waals surface area contributed by atoms with Crippen LogP contribution in [-0.4, -0.2) is 25.0 Å². The van der Waals surface area contributed by atoms with Crippen molar-refractivity contribution < 1.29 is 4.79 Å². The summed E-state index contributed by atoms with van der Waals surface area (Å²) in [5, 5.41) is 2.74. The molecule has 0 radical (unpaired) electrons. The largest absolute Gasteiger partial charge is 0.355 e. The van der Waals surface area contributed by atoms with Crippen molar-refractivity contribution >= 4 is 5.91 Å². The molecule has 13 heavy (non-hydrogen) atoms. The Morgan fingerprint density at radius 3 is 2.54 bits per heavy atom. The Bertz CT molecular complexity index is 148. The van der Waals surface area contributed by atoms with E-state index >= 15 is 0 Å². The van der Waals surface area contributed by atoms with Crippen LogP contribution in [0, 0.1) is 5.92 Å². The van der Waals surface area contributed by atoms with Crippen molar-refractivity contribution in [3.8, 4) is 0 Å². The average Bonchev–Trinajstić information content (AvgIpc) is 2.03. The summed E-state index contributed by atoms with van der Waals surface area (Å²) in [4.78, 5) is 11.3. The number of carbonyl (C=O) groups is 1. The highest BCUT2D eigenvalue weighted by Gasteiger charge is 2.13. The second kappa shape index (κ2) is 6.86. The number of nitrogens with two attached hydrogens (primary N) is 2. The normalized spacial score (nSPS) is 13.0. The molecule has 78 valence electrons. The molecule has 4 nitrogen and oxygen atoms in total. The second-order valence-electron chi connectivity index (χ2n) is 3.67. The zero-order valence-corrected chi connectivity index (χ0v) is 8.55. The summed E-state index contributed by atoms with van der Waals surface area (Å²) in [6, 6.07) is -0.377. The maximum Gasteiger partial charge on any atom is 0.236 e. The number of hydrogen-bond acceptors (Lipinski definition) is 3. The Morgan fingerprint density at radius 1 is 1.46 bits per heavy atom. The molecule has 0 aliphatic carbocycles. The van der Waals surface area contributed by atoms with Gasteiger partial charge in [0.05, 0.1) is 6.04 Å². The molecule has 1 amide bonds. The van der Waals surface area contributed by atoms with Crippen LogP contribution in [0.15, 0.2) is 0 Å². The van der Waals surface area contributed by atoms with Crippen molar-refractivity contribution in [1.82, 2.24) is 5.32 Å². The van der Waals surface area contributed by atoms with E-state index in [9.17, 15) is 4.79 Å². The molecule has 0 aliphatic heterocycles. The minimum Gasteiger partial charge on any atom is -0.355 e. The summed E-state index contributed by atoms with van der Waals surface area (Å²) in [7, 11) is 0. The Kier molecular flexibility index (Phi) is 6.54. The van der Waals surface area contributed by atoms with Gasteiger partial charge in [-0.15, -0.1) is 0 Å². The molecular formula is C9H21N3O. The lowest BCUT2D eigenvalue weighted by atomic mass is 10.0. The van der Waals surface area contributed by atoms with Gasteiger partial charge in [0, 0.05) is 6.54 Å². The molecule has 0 aromatic carbocycles. The molecule has 0 unspecified atom stereocenters. The fourth-order valence-electron chi connectivity index (χ4n) is 1.06. The number of rotatable bonds is 6. The van der Waals surface area contributed by atoms with Crippen molar-refractivity contribution in [3.63, 3.8) is 0 Å². The SMILES string of the molecule is CC(C)C[C@@H](N)C(=O)NCCCN. The van der Waals surface area contributed by atoms with Crippen molar-refractivity contribution in [2.45, 2.75) is 32.7 Å². The van der Waals surface area contributed by atoms with Crippen LogP contribution in [0.1, 0.15) is 26.7 Å². The van der Waals surface area contributed by atoms with Crippen LogP contribution in [-0.2, 0) is 4.79 Å². The molecule has 0 saturated heterocycles. The van der Waals surface area contributed by atoms with Crippen LogP contribution in [0.25, 0.3) is 0 Å². The third-order valence-corrected chi connectivity index (χ3v) is 1.74. The molecule has 0 fully saturated rings. The quantitative estimate of drug-likeness (QED) is 0.505. The molecule has 1 atom stereocenters. The fourth-order valence-corrected chi connectivity index (χ4v) is 1.06. The lowest BCUT2D eigenvalue weighted by Crippen LogP contribution is -2.42. The van der Waals surface area contributed by atoms with Gasteiger partial charge in [0.1, 0.15) is 0 Å². The highest BCUT2D eigenvalue weighted by Crippen LogP contribution is 2.02. The minimum absolute atomic E-state index is 0.0675. The van der Waals surface area contributed by atoms with Crippen molar-refractivity contribution in [2.75, 3.05) is 13.1 Å². The van der Waals surface area contributed by atoms with Gasteiger partial charge >= 0.3 is 0 Å². The van der Waals surface area contributed by atoms with E-state index in [1.165, 1.54) is 0 Å². The lowest BCUT2D eigenvalue weighted by Gasteiger charge is -2.13. The van der Waals surface area contributed by atoms with Gasteiger partial charge in [-0.05, 0) is 25.3 Å². The molecule has 4 heteroatoms. The number of nitrogens with one attached hydrogen (secondary N) is 1. The minimum atomic E-state index is -0.377. The number of carbonyl (C=O) groups excluding carboxylic acids is 1. The van der Waals surface area contributed by atoms with Gasteiger partial charge in [0.25, 0.3) is 0 Å². The zero-order chi connectivity index (χ0) is 10.3. The third kappa shape index (κ3) is 6.54. The highest BCUT2D eigenvalue weighted by atomic mass is 16.2. The molecule has 0 spiro atoms. The molecule has 0 aromatic rings. The van der Waals surface area contributed by atoms with Crippen molar-refractivity contribution in [3.05, 3.63) is 0 Å². The molecular weight excluding hydrogens is 166 g/mol. The Labute approximate surface area is 80.0 Å². The van der Waals surface area contributed by atoms with Gasteiger partial charge in [-0.1, -0.05) is 13.8 Å². The third-order valence-electron chi connectivity index (χ3n) is 1.74. The summed E-state index contributed by atoms with van der Waals surface area (Å²) < 4.78 is 0. The van der Waals surface area contributed by atoms with E-state index in [1.54, 1.807) is 0 Å². The summed E-state index contributed by atoms with van der Waals surface area (Å²) in [5.74, 6) is 0.386. The van der Waals surface area contributed by atoms with Gasteiger partial charge in [0.2, 0.25) is 5.91 Å². The first kappa shape index (κ1) is 12.4. The van der Waals surface area contributed by atoms with E-state index in [2.05, 4.69) is 5.32 Å². The average molecular weight is 187 g/mol. The first-order valence-electron chi connectivity index (χ1n) is 4.81. The van der Waals surface area contributed by atoms with Gasteiger partial charge < -0.3 is 16.8 Å². The lowest BCUT2D eigenvalue weighted by molar-refractivity contribution is -0.122. The maximum absolute atomic E-state index is 11.3. The van der Waals surface area contributed by atoms with E-state index in [0.29, 0.717) is 19.0 Å². The van der Waals surface area contributed by atoms with E-state index < -0.39 is 0 Å². The predicted molar refractivity (Wildman–Crippen MR) is 54.1 cm³/mol. The summed E-state index contributed by atoms with van der Waals surface area (Å²) >= 11 is 0. The maximum atomic E-state index is 11.3. The summed E-state index contributed by atoms with van der Waals surface area (Å²) in [6.07, 6.45) is 1.54. The topological polar surface area (TPSA) is 81.1 Å². The van der Waals surface area contributed by atoms with Gasteiger partial charge in [-0.3, -0.25) is 4.79 Å². The molecule has 0 aliphatic rings. The van der Waals surface area contributed by atoms with Crippen LogP contribution in [0.4, 0.5) is 0 Å². The van der Waals surface area contributed by atoms with E-state index in [1.807, 2.05) is 13.8 Å². The van der Waals surface area contributed by atoms with Crippen LogP contribution in [0.3, 0.4) is 0 Å². The predicted octanol–water partition coefficient (Wildman–Crippen LogP) is -0.175. The molecule has 0 aromatic heterocycles. The Hall–Kier alpha value is -0.610. The molecule has 0 rings (SSSR count). The van der Waals surface area contributed by atoms with Crippen molar-refractivity contribution in [1.29, 1.82) is 0 Å². The summed E-state index contributed by atoms with van der Waals surface area (Å²) in [5.41, 5.74) is 10.9.